The molecule has 6 heteroatoms. The van der Waals surface area contributed by atoms with Gasteiger partial charge in [-0.05, 0) is 31.0 Å². The Morgan fingerprint density at radius 2 is 2.24 bits per heavy atom. The first-order chi connectivity index (χ1) is 10.1. The van der Waals surface area contributed by atoms with E-state index in [0.29, 0.717) is 24.5 Å². The third-order valence-corrected chi connectivity index (χ3v) is 3.34. The van der Waals surface area contributed by atoms with Crippen molar-refractivity contribution in [3.05, 3.63) is 23.8 Å². The van der Waals surface area contributed by atoms with Crippen molar-refractivity contribution in [2.45, 2.75) is 32.9 Å². The van der Waals surface area contributed by atoms with Gasteiger partial charge in [0.2, 0.25) is 5.91 Å². The summed E-state index contributed by atoms with van der Waals surface area (Å²) in [6, 6.07) is 5.44. The maximum atomic E-state index is 12.3. The molecule has 0 fully saturated rings. The summed E-state index contributed by atoms with van der Waals surface area (Å²) >= 11 is 0. The molecule has 2 amide bonds. The van der Waals surface area contributed by atoms with Crippen LogP contribution >= 0.6 is 0 Å². The van der Waals surface area contributed by atoms with Crippen molar-refractivity contribution in [1.29, 1.82) is 0 Å². The van der Waals surface area contributed by atoms with Crippen LogP contribution in [0.25, 0.3) is 0 Å². The quantitative estimate of drug-likeness (QED) is 0.840. The first-order valence-corrected chi connectivity index (χ1v) is 7.14. The molecule has 2 rings (SSSR count). The van der Waals surface area contributed by atoms with Crippen molar-refractivity contribution in [2.75, 3.05) is 18.0 Å². The highest BCUT2D eigenvalue weighted by atomic mass is 16.5. The lowest BCUT2D eigenvalue weighted by Gasteiger charge is -2.32. The fraction of sp³-hybridized carbons (Fsp3) is 0.467. The molecule has 21 heavy (non-hydrogen) atoms. The molecule has 0 bridgehead atoms. The van der Waals surface area contributed by atoms with E-state index in [1.165, 1.54) is 4.90 Å². The van der Waals surface area contributed by atoms with Crippen LogP contribution in [-0.2, 0) is 16.1 Å². The first kappa shape index (κ1) is 15.3. The van der Waals surface area contributed by atoms with Gasteiger partial charge in [0.15, 0.2) is 6.10 Å². The number of carbonyl (C=O) groups is 2. The molecule has 1 unspecified atom stereocenters. The largest absolute Gasteiger partial charge is 0.479 e. The zero-order valence-electron chi connectivity index (χ0n) is 12.4. The predicted molar refractivity (Wildman–Crippen MR) is 80.1 cm³/mol. The van der Waals surface area contributed by atoms with Gasteiger partial charge in [-0.3, -0.25) is 14.5 Å². The molecule has 0 aromatic heterocycles. The summed E-state index contributed by atoms with van der Waals surface area (Å²) in [5.41, 5.74) is 7.13. The number of ether oxygens (including phenoxy) is 1. The second kappa shape index (κ2) is 6.58. The van der Waals surface area contributed by atoms with Crippen LogP contribution in [0.2, 0.25) is 0 Å². The molecular formula is C15H21N3O3. The van der Waals surface area contributed by atoms with Gasteiger partial charge in [-0.15, -0.1) is 0 Å². The van der Waals surface area contributed by atoms with E-state index in [9.17, 15) is 9.59 Å². The topological polar surface area (TPSA) is 84.7 Å². The van der Waals surface area contributed by atoms with Crippen LogP contribution in [0.3, 0.4) is 0 Å². The highest BCUT2D eigenvalue weighted by molar-refractivity contribution is 6.03. The molecule has 1 atom stereocenters. The lowest BCUT2D eigenvalue weighted by molar-refractivity contribution is -0.128. The fourth-order valence-corrected chi connectivity index (χ4v) is 2.21. The Bertz CT molecular complexity index is 545. The number of anilines is 1. The Balaban J connectivity index is 2.26. The molecule has 114 valence electrons. The van der Waals surface area contributed by atoms with Gasteiger partial charge in [-0.1, -0.05) is 13.0 Å². The Kier molecular flexibility index (Phi) is 4.80. The minimum absolute atomic E-state index is 0.00639. The van der Waals surface area contributed by atoms with E-state index in [-0.39, 0.29) is 18.4 Å². The summed E-state index contributed by atoms with van der Waals surface area (Å²) in [4.78, 5) is 25.7. The van der Waals surface area contributed by atoms with Crippen molar-refractivity contribution in [1.82, 2.24) is 5.32 Å². The number of hydrogen-bond donors (Lipinski definition) is 2. The van der Waals surface area contributed by atoms with E-state index in [1.54, 1.807) is 19.1 Å². The predicted octanol–water partition coefficient (Wildman–Crippen LogP) is 0.785. The lowest BCUT2D eigenvalue weighted by atomic mass is 10.1. The monoisotopic (exact) mass is 291 g/mol. The van der Waals surface area contributed by atoms with Gasteiger partial charge in [0.25, 0.3) is 5.91 Å². The molecule has 1 aliphatic heterocycles. The highest BCUT2D eigenvalue weighted by Gasteiger charge is 2.32. The van der Waals surface area contributed by atoms with Gasteiger partial charge in [0.05, 0.1) is 5.69 Å². The molecule has 0 spiro atoms. The maximum absolute atomic E-state index is 12.3. The summed E-state index contributed by atoms with van der Waals surface area (Å²) in [6.07, 6.45) is 0.257. The summed E-state index contributed by atoms with van der Waals surface area (Å²) in [5, 5.41) is 2.78. The fourth-order valence-electron chi connectivity index (χ4n) is 2.21. The van der Waals surface area contributed by atoms with Crippen LogP contribution < -0.4 is 20.7 Å². The van der Waals surface area contributed by atoms with Crippen LogP contribution in [-0.4, -0.2) is 31.0 Å². The van der Waals surface area contributed by atoms with E-state index in [1.807, 2.05) is 13.0 Å². The van der Waals surface area contributed by atoms with Crippen molar-refractivity contribution in [2.24, 2.45) is 5.73 Å². The molecule has 6 nitrogen and oxygen atoms in total. The average molecular weight is 291 g/mol. The number of carbonyl (C=O) groups excluding carboxylic acids is 2. The smallest absolute Gasteiger partial charge is 0.268 e. The SMILES string of the molecule is CCCNC(=O)CN1C(=O)C(C)Oc2ccc(CN)cc21. The van der Waals surface area contributed by atoms with Crippen LogP contribution in [0.15, 0.2) is 18.2 Å². The molecule has 0 saturated heterocycles. The van der Waals surface area contributed by atoms with Crippen molar-refractivity contribution >= 4 is 17.5 Å². The van der Waals surface area contributed by atoms with Gasteiger partial charge in [0.1, 0.15) is 12.3 Å². The Labute approximate surface area is 124 Å². The molecule has 1 aromatic rings. The Morgan fingerprint density at radius 1 is 1.48 bits per heavy atom. The molecule has 3 N–H and O–H groups in total. The Hall–Kier alpha value is -2.08. The van der Waals surface area contributed by atoms with Gasteiger partial charge in [-0.2, -0.15) is 0 Å². The maximum Gasteiger partial charge on any atom is 0.268 e. The number of nitrogens with zero attached hydrogens (tertiary/aromatic N) is 1. The van der Waals surface area contributed by atoms with Crippen LogP contribution in [0.4, 0.5) is 5.69 Å². The zero-order valence-corrected chi connectivity index (χ0v) is 12.4. The van der Waals surface area contributed by atoms with Crippen LogP contribution in [0.1, 0.15) is 25.8 Å². The van der Waals surface area contributed by atoms with Crippen molar-refractivity contribution in [3.8, 4) is 5.75 Å². The van der Waals surface area contributed by atoms with Gasteiger partial charge in [0, 0.05) is 13.1 Å². The number of hydrogen-bond acceptors (Lipinski definition) is 4. The van der Waals surface area contributed by atoms with Crippen molar-refractivity contribution in [3.63, 3.8) is 0 Å². The molecule has 1 heterocycles. The van der Waals surface area contributed by atoms with E-state index < -0.39 is 6.10 Å². The average Bonchev–Trinajstić information content (AvgIpc) is 2.49. The molecular weight excluding hydrogens is 270 g/mol. The van der Waals surface area contributed by atoms with Gasteiger partial charge in [-0.25, -0.2) is 0 Å². The molecule has 0 saturated carbocycles. The summed E-state index contributed by atoms with van der Waals surface area (Å²) in [5.74, 6) is 0.203. The second-order valence-corrected chi connectivity index (χ2v) is 5.04. The standard InChI is InChI=1S/C15H21N3O3/c1-3-6-17-14(19)9-18-12-7-11(8-16)4-5-13(12)21-10(2)15(18)20/h4-5,7,10H,3,6,8-9,16H2,1-2H3,(H,17,19). The molecule has 0 aliphatic carbocycles. The summed E-state index contributed by atoms with van der Waals surface area (Å²) < 4.78 is 5.57. The number of nitrogens with one attached hydrogen (secondary N) is 1. The lowest BCUT2D eigenvalue weighted by Crippen LogP contribution is -2.48. The number of amides is 2. The molecule has 1 aliphatic rings. The summed E-state index contributed by atoms with van der Waals surface area (Å²) in [6.45, 7) is 4.62. The Morgan fingerprint density at radius 3 is 2.90 bits per heavy atom. The third-order valence-electron chi connectivity index (χ3n) is 3.34. The van der Waals surface area contributed by atoms with E-state index in [0.717, 1.165) is 12.0 Å². The minimum atomic E-state index is -0.597. The van der Waals surface area contributed by atoms with E-state index in [2.05, 4.69) is 5.32 Å². The van der Waals surface area contributed by atoms with Crippen LogP contribution in [0, 0.1) is 0 Å². The second-order valence-electron chi connectivity index (χ2n) is 5.04. The zero-order chi connectivity index (χ0) is 15.4. The summed E-state index contributed by atoms with van der Waals surface area (Å²) in [7, 11) is 0. The first-order valence-electron chi connectivity index (χ1n) is 7.14. The minimum Gasteiger partial charge on any atom is -0.479 e. The van der Waals surface area contributed by atoms with Gasteiger partial charge < -0.3 is 15.8 Å². The van der Waals surface area contributed by atoms with Crippen molar-refractivity contribution < 1.29 is 14.3 Å². The third kappa shape index (κ3) is 3.33. The van der Waals surface area contributed by atoms with E-state index in [4.69, 9.17) is 10.5 Å². The normalized spacial score (nSPS) is 17.2. The number of rotatable bonds is 5. The number of benzene rings is 1. The highest BCUT2D eigenvalue weighted by Crippen LogP contribution is 2.34. The van der Waals surface area contributed by atoms with Crippen LogP contribution in [0.5, 0.6) is 5.75 Å². The van der Waals surface area contributed by atoms with E-state index >= 15 is 0 Å². The molecule has 0 radical (unpaired) electrons. The van der Waals surface area contributed by atoms with Gasteiger partial charge >= 0.3 is 0 Å². The number of fused-ring (bicyclic) bond motifs is 1. The number of nitrogens with two attached hydrogens (primary N) is 1. The molecule has 1 aromatic carbocycles.